The molecule has 0 saturated heterocycles. The van der Waals surface area contributed by atoms with Gasteiger partial charge >= 0.3 is 0 Å². The van der Waals surface area contributed by atoms with Crippen LogP contribution < -0.4 is 0 Å². The van der Waals surface area contributed by atoms with Crippen LogP contribution in [0.2, 0.25) is 0 Å². The van der Waals surface area contributed by atoms with Crippen molar-refractivity contribution in [2.45, 2.75) is 19.3 Å². The van der Waals surface area contributed by atoms with Gasteiger partial charge in [0.1, 0.15) is 11.2 Å². The molecule has 1 aliphatic carbocycles. The molecule has 0 saturated carbocycles. The van der Waals surface area contributed by atoms with Crippen molar-refractivity contribution in [1.82, 2.24) is 4.57 Å². The highest BCUT2D eigenvalue weighted by Gasteiger charge is 2.38. The zero-order chi connectivity index (χ0) is 31.3. The summed E-state index contributed by atoms with van der Waals surface area (Å²) in [6.45, 7) is 4.73. The third-order valence-electron chi connectivity index (χ3n) is 10.4. The van der Waals surface area contributed by atoms with Gasteiger partial charge in [0.15, 0.2) is 0 Å². The van der Waals surface area contributed by atoms with Crippen LogP contribution in [0, 0.1) is 0 Å². The molecule has 1 aliphatic rings. The molecule has 0 spiro atoms. The summed E-state index contributed by atoms with van der Waals surface area (Å²) in [5.41, 5.74) is 15.6. The minimum absolute atomic E-state index is 0.177. The highest BCUT2D eigenvalue weighted by atomic mass is 16.3. The number of benzene rings is 7. The molecule has 0 unspecified atom stereocenters. The van der Waals surface area contributed by atoms with Crippen molar-refractivity contribution in [2.24, 2.45) is 0 Å². The highest BCUT2D eigenvalue weighted by molar-refractivity contribution is 6.12. The standard InChI is InChI=1S/C45H31NO/c1-45(2)38-26-30(17-20-33(38)35-22-24-42-43(44(35)45)36-15-9-10-16-41(36)47-42)31-18-21-34-37-25-29(28-11-5-3-6-12-28)19-23-39(37)46(40(34)27-31)32-13-7-4-8-14-32/h3-27H,1-2H3. The van der Waals surface area contributed by atoms with E-state index >= 15 is 0 Å². The van der Waals surface area contributed by atoms with Crippen LogP contribution in [0.1, 0.15) is 25.0 Å². The molecule has 0 fully saturated rings. The summed E-state index contributed by atoms with van der Waals surface area (Å²) in [4.78, 5) is 0. The molecule has 2 nitrogen and oxygen atoms in total. The SMILES string of the molecule is CC1(C)c2cc(-c3ccc4c5cc(-c6ccccc6)ccc5n(-c5ccccc5)c4c3)ccc2-c2ccc3oc4ccccc4c3c21. The third kappa shape index (κ3) is 3.73. The number of furan rings is 1. The molecule has 9 aromatic rings. The van der Waals surface area contributed by atoms with Crippen molar-refractivity contribution in [1.29, 1.82) is 0 Å². The van der Waals surface area contributed by atoms with Crippen molar-refractivity contribution >= 4 is 43.7 Å². The summed E-state index contributed by atoms with van der Waals surface area (Å²) in [6.07, 6.45) is 0. The van der Waals surface area contributed by atoms with Gasteiger partial charge in [-0.25, -0.2) is 0 Å². The summed E-state index contributed by atoms with van der Waals surface area (Å²) in [7, 11) is 0. The lowest BCUT2D eigenvalue weighted by atomic mass is 9.80. The van der Waals surface area contributed by atoms with Gasteiger partial charge in [-0.2, -0.15) is 0 Å². The Bertz CT molecular complexity index is 2690. The first-order valence-corrected chi connectivity index (χ1v) is 16.4. The van der Waals surface area contributed by atoms with E-state index in [1.54, 1.807) is 0 Å². The minimum atomic E-state index is -0.177. The predicted molar refractivity (Wildman–Crippen MR) is 196 cm³/mol. The molecule has 0 amide bonds. The molecule has 2 heterocycles. The molecular weight excluding hydrogens is 571 g/mol. The molecule has 47 heavy (non-hydrogen) atoms. The first-order chi connectivity index (χ1) is 23.1. The number of hydrogen-bond donors (Lipinski definition) is 0. The maximum atomic E-state index is 6.31. The Morgan fingerprint density at radius 1 is 0.468 bits per heavy atom. The Morgan fingerprint density at radius 2 is 1.15 bits per heavy atom. The summed E-state index contributed by atoms with van der Waals surface area (Å²) >= 11 is 0. The van der Waals surface area contributed by atoms with Crippen LogP contribution in [-0.4, -0.2) is 4.57 Å². The molecule has 0 atom stereocenters. The van der Waals surface area contributed by atoms with E-state index in [0.29, 0.717) is 0 Å². The van der Waals surface area contributed by atoms with Gasteiger partial charge in [0.05, 0.1) is 11.0 Å². The molecule has 0 bridgehead atoms. The fraction of sp³-hybridized carbons (Fsp3) is 0.0667. The van der Waals surface area contributed by atoms with Crippen LogP contribution in [0.15, 0.2) is 156 Å². The van der Waals surface area contributed by atoms with Gasteiger partial charge in [0.25, 0.3) is 0 Å². The lowest BCUT2D eigenvalue weighted by Gasteiger charge is -2.23. The normalized spacial score (nSPS) is 13.5. The first-order valence-electron chi connectivity index (χ1n) is 16.4. The monoisotopic (exact) mass is 601 g/mol. The Balaban J connectivity index is 1.16. The Labute approximate surface area is 273 Å². The van der Waals surface area contributed by atoms with E-state index in [1.807, 2.05) is 6.07 Å². The number of rotatable bonds is 3. The van der Waals surface area contributed by atoms with Crippen molar-refractivity contribution in [2.75, 3.05) is 0 Å². The zero-order valence-electron chi connectivity index (χ0n) is 26.3. The fourth-order valence-electron chi connectivity index (χ4n) is 8.17. The fourth-order valence-corrected chi connectivity index (χ4v) is 8.17. The van der Waals surface area contributed by atoms with Crippen molar-refractivity contribution < 1.29 is 4.42 Å². The van der Waals surface area contributed by atoms with Crippen molar-refractivity contribution in [3.05, 3.63) is 163 Å². The van der Waals surface area contributed by atoms with Gasteiger partial charge in [0, 0.05) is 32.6 Å². The smallest absolute Gasteiger partial charge is 0.135 e. The van der Waals surface area contributed by atoms with Gasteiger partial charge < -0.3 is 8.98 Å². The summed E-state index contributed by atoms with van der Waals surface area (Å²) in [5, 5.41) is 4.95. The Morgan fingerprint density at radius 3 is 2.00 bits per heavy atom. The summed E-state index contributed by atoms with van der Waals surface area (Å²) < 4.78 is 8.72. The molecule has 2 aromatic heterocycles. The maximum Gasteiger partial charge on any atom is 0.135 e. The number of aromatic nitrogens is 1. The van der Waals surface area contributed by atoms with Gasteiger partial charge in [-0.05, 0) is 93.0 Å². The van der Waals surface area contributed by atoms with Crippen LogP contribution >= 0.6 is 0 Å². The summed E-state index contributed by atoms with van der Waals surface area (Å²) in [6, 6.07) is 55.1. The lowest BCUT2D eigenvalue weighted by molar-refractivity contribution is 0.657. The Kier molecular flexibility index (Phi) is 5.37. The van der Waals surface area contributed by atoms with Crippen LogP contribution in [-0.2, 0) is 5.41 Å². The van der Waals surface area contributed by atoms with E-state index < -0.39 is 0 Å². The highest BCUT2D eigenvalue weighted by Crippen LogP contribution is 2.53. The van der Waals surface area contributed by atoms with Crippen molar-refractivity contribution in [3.8, 4) is 39.1 Å². The van der Waals surface area contributed by atoms with E-state index in [-0.39, 0.29) is 5.41 Å². The van der Waals surface area contributed by atoms with Gasteiger partial charge in [-0.3, -0.25) is 0 Å². The predicted octanol–water partition coefficient (Wildman–Crippen LogP) is 12.3. The second-order valence-electron chi connectivity index (χ2n) is 13.3. The Hall–Kier alpha value is -5.86. The van der Waals surface area contributed by atoms with Crippen molar-refractivity contribution in [3.63, 3.8) is 0 Å². The van der Waals surface area contributed by atoms with E-state index in [1.165, 1.54) is 82.8 Å². The zero-order valence-corrected chi connectivity index (χ0v) is 26.3. The van der Waals surface area contributed by atoms with Crippen LogP contribution in [0.5, 0.6) is 0 Å². The van der Waals surface area contributed by atoms with Gasteiger partial charge in [0.2, 0.25) is 0 Å². The largest absolute Gasteiger partial charge is 0.456 e. The van der Waals surface area contributed by atoms with E-state index in [9.17, 15) is 0 Å². The third-order valence-corrected chi connectivity index (χ3v) is 10.4. The van der Waals surface area contributed by atoms with E-state index in [0.717, 1.165) is 11.2 Å². The first kappa shape index (κ1) is 26.4. The minimum Gasteiger partial charge on any atom is -0.456 e. The average Bonchev–Trinajstić information content (AvgIpc) is 3.73. The summed E-state index contributed by atoms with van der Waals surface area (Å²) in [5.74, 6) is 0. The molecule has 0 N–H and O–H groups in total. The molecule has 7 aromatic carbocycles. The molecule has 0 radical (unpaired) electrons. The van der Waals surface area contributed by atoms with E-state index in [2.05, 4.69) is 164 Å². The molecule has 0 aliphatic heterocycles. The van der Waals surface area contributed by atoms with E-state index in [4.69, 9.17) is 4.42 Å². The number of hydrogen-bond acceptors (Lipinski definition) is 1. The maximum absolute atomic E-state index is 6.31. The second kappa shape index (κ2) is 9.57. The lowest BCUT2D eigenvalue weighted by Crippen LogP contribution is -2.15. The quantitative estimate of drug-likeness (QED) is 0.197. The van der Waals surface area contributed by atoms with Gasteiger partial charge in [-0.15, -0.1) is 0 Å². The number of para-hydroxylation sites is 2. The van der Waals surface area contributed by atoms with Crippen LogP contribution in [0.3, 0.4) is 0 Å². The topological polar surface area (TPSA) is 18.1 Å². The van der Waals surface area contributed by atoms with Crippen LogP contribution in [0.25, 0.3) is 82.8 Å². The average molecular weight is 602 g/mol. The van der Waals surface area contributed by atoms with Crippen LogP contribution in [0.4, 0.5) is 0 Å². The van der Waals surface area contributed by atoms with Gasteiger partial charge in [-0.1, -0.05) is 117 Å². The number of nitrogens with zero attached hydrogens (tertiary/aromatic N) is 1. The molecule has 222 valence electrons. The second-order valence-corrected chi connectivity index (χ2v) is 13.3. The molecule has 10 rings (SSSR count). The molecule has 2 heteroatoms. The molecular formula is C45H31NO. The number of fused-ring (bicyclic) bond motifs is 10.